The lowest BCUT2D eigenvalue weighted by Crippen LogP contribution is -2.18. The van der Waals surface area contributed by atoms with Gasteiger partial charge in [0.05, 0.1) is 21.7 Å². The van der Waals surface area contributed by atoms with E-state index in [1.165, 1.54) is 115 Å². The van der Waals surface area contributed by atoms with Gasteiger partial charge in [-0.2, -0.15) is 39.5 Å². The van der Waals surface area contributed by atoms with Crippen LogP contribution in [0.25, 0.3) is 48.6 Å². The second-order valence-electron chi connectivity index (χ2n) is 22.5. The number of para-hydroxylation sites is 1. The number of carboxylic acid groups (broad SMARTS) is 8. The largest absolute Gasteiger partial charge is 0.573 e. The molecule has 8 aromatic rings. The summed E-state index contributed by atoms with van der Waals surface area (Å²) < 4.78 is 320. The van der Waals surface area contributed by atoms with Gasteiger partial charge < -0.3 is 64.5 Å². The molecule has 8 aromatic carbocycles. The van der Waals surface area contributed by atoms with Crippen molar-refractivity contribution in [3.05, 3.63) is 303 Å². The minimum atomic E-state index is -5.00. The third-order valence-electron chi connectivity index (χ3n) is 12.8. The van der Waals surface area contributed by atoms with Crippen LogP contribution in [0.15, 0.2) is 231 Å². The average molecular weight is 1860 g/mol. The van der Waals surface area contributed by atoms with E-state index in [9.17, 15) is 148 Å². The number of hydrogen-bond donors (Lipinski definition) is 8. The number of aliphatic carboxylic acids is 8. The van der Waals surface area contributed by atoms with Crippen LogP contribution in [0, 0.1) is 5.82 Å². The molecule has 0 radical (unpaired) electrons. The van der Waals surface area contributed by atoms with E-state index in [-0.39, 0.29) is 44.3 Å². The maximum Gasteiger partial charge on any atom is 0.573 e. The fraction of sp³-hybridized carbons (Fsp3) is 0.100. The summed E-state index contributed by atoms with van der Waals surface area (Å²) in [6.07, 6.45) is -22.2. The van der Waals surface area contributed by atoms with E-state index in [4.69, 9.17) is 52.5 Å². The molecule has 0 aromatic heterocycles. The van der Waals surface area contributed by atoms with Crippen molar-refractivity contribution < 1.29 is 213 Å². The number of carbonyl (C=O) groups is 8. The molecule has 0 aliphatic rings. The molecule has 682 valence electrons. The van der Waals surface area contributed by atoms with Crippen LogP contribution in [0.2, 0.25) is 5.02 Å². The SMILES string of the molecule is O=C(O)/C=C/c1ccc(C(F)(F)F)cc1.O=C(O)/C=C/c1ccc(Cl)c(OC(F)(F)F)c1.O=C(O)/C=C/c1ccc(F)c(OC(F)(F)F)c1.O=C(O)/C=C/c1ccc(OC(F)(F)F)cc1.O=C(O)/C=C/c1cccc(C(F)(F)F)c1.O=C(O)/C=C/c1cccc(OC(F)(F)F)c1.O=C(O)/C=C/c1ccccc1C(F)(F)F.O=C(O)/C=C/c1ccccc1OC(F)(F)F. The standard InChI is InChI=1S/C10H6ClF3O3.C10H6F4O3.3C10H7F3O3.3C10H7F3O2/c2*11-7-3-1-6(2-4-9(15)16)5-8(7)17-10(12,13)14;11-10(12,13)16-8-4-1-7(2-5-8)3-6-9(14)15;11-10(12,13)16-8-3-1-2-7(6-8)4-5-9(14)15;11-10(12,13)16-8-4-2-1-3-7(8)5-6-9(14)15;11-10(12,13)8-4-1-7(2-5-8)3-6-9(14)15;11-10(12,13)8-3-1-2-7(6-8)4-5-9(14)15;11-10(12,13)8-4-2-1-3-7(8)5-6-9(14)15/h2*1-5H,(H,15,16);3*1-6H,(H,14,15);3*1-6H,(H,14,15)/b2*4-2+;6-3+;5-4+;6-5+;6-3+;5-4+;6-5+. The molecule has 0 aliphatic heterocycles. The number of halogens is 26. The second kappa shape index (κ2) is 51.2. The number of alkyl halides is 24. The summed E-state index contributed by atoms with van der Waals surface area (Å²) in [5.74, 6) is -13.6. The van der Waals surface area contributed by atoms with Gasteiger partial charge in [-0.3, -0.25) is 0 Å². The van der Waals surface area contributed by atoms with Crippen molar-refractivity contribution in [1.29, 1.82) is 0 Å². The van der Waals surface area contributed by atoms with Crippen LogP contribution in [0.3, 0.4) is 0 Å². The molecule has 0 unspecified atom stereocenters. The summed E-state index contributed by atoms with van der Waals surface area (Å²) in [4.78, 5) is 81.4. The van der Waals surface area contributed by atoms with Gasteiger partial charge in [-0.05, 0) is 172 Å². The Morgan fingerprint density at radius 3 is 0.961 bits per heavy atom. The molecule has 0 saturated carbocycles. The molecular formula is C80H54ClF25O21. The van der Waals surface area contributed by atoms with Crippen molar-refractivity contribution in [2.45, 2.75) is 50.3 Å². The Morgan fingerprint density at radius 2 is 0.559 bits per heavy atom. The van der Waals surface area contributed by atoms with Crippen LogP contribution in [-0.4, -0.2) is 120 Å². The normalized spacial score (nSPS) is 11.8. The predicted molar refractivity (Wildman–Crippen MR) is 398 cm³/mol. The Kier molecular flexibility index (Phi) is 44.3. The maximum atomic E-state index is 12.9. The van der Waals surface area contributed by atoms with E-state index in [0.29, 0.717) is 28.8 Å². The Bertz CT molecular complexity index is 5130. The molecular weight excluding hydrogens is 1810 g/mol. The lowest BCUT2D eigenvalue weighted by atomic mass is 10.1. The third kappa shape index (κ3) is 54.2. The van der Waals surface area contributed by atoms with Crippen LogP contribution in [0.5, 0.6) is 28.7 Å². The Hall–Kier alpha value is -15.0. The molecule has 127 heavy (non-hydrogen) atoms. The monoisotopic (exact) mass is 1860 g/mol. The van der Waals surface area contributed by atoms with Crippen LogP contribution in [-0.2, 0) is 56.9 Å². The molecule has 0 spiro atoms. The topological polar surface area (TPSA) is 345 Å². The summed E-state index contributed by atoms with van der Waals surface area (Å²) in [5.41, 5.74) is -0.815. The minimum absolute atomic E-state index is 0.0437. The molecule has 0 atom stereocenters. The summed E-state index contributed by atoms with van der Waals surface area (Å²) in [7, 11) is 0. The third-order valence-corrected chi connectivity index (χ3v) is 13.1. The molecule has 8 N–H and O–H groups in total. The van der Waals surface area contributed by atoms with E-state index in [2.05, 4.69) is 23.7 Å². The van der Waals surface area contributed by atoms with Gasteiger partial charge in [-0.1, -0.05) is 109 Å². The molecule has 8 rings (SSSR count). The van der Waals surface area contributed by atoms with E-state index >= 15 is 0 Å². The first-order valence-electron chi connectivity index (χ1n) is 32.8. The highest BCUT2D eigenvalue weighted by Gasteiger charge is 2.37. The molecule has 0 saturated heterocycles. The quantitative estimate of drug-likeness (QED) is 0.0245. The van der Waals surface area contributed by atoms with Gasteiger partial charge in [0.2, 0.25) is 0 Å². The molecule has 0 fully saturated rings. The molecule has 0 heterocycles. The smallest absolute Gasteiger partial charge is 0.478 e. The van der Waals surface area contributed by atoms with Crippen LogP contribution in [0.4, 0.5) is 110 Å². The zero-order valence-corrected chi connectivity index (χ0v) is 63.0. The number of ether oxygens (including phenoxy) is 5. The van der Waals surface area contributed by atoms with E-state index in [1.54, 1.807) is 0 Å². The predicted octanol–water partition coefficient (Wildman–Crippen LogP) is 22.6. The van der Waals surface area contributed by atoms with Crippen molar-refractivity contribution in [3.63, 3.8) is 0 Å². The zero-order valence-electron chi connectivity index (χ0n) is 62.3. The summed E-state index contributed by atoms with van der Waals surface area (Å²) in [6, 6.07) is 34.8. The number of benzene rings is 8. The number of hydrogen-bond acceptors (Lipinski definition) is 13. The molecule has 0 aliphatic carbocycles. The molecule has 0 amide bonds. The van der Waals surface area contributed by atoms with Crippen LogP contribution in [0.1, 0.15) is 61.2 Å². The highest BCUT2D eigenvalue weighted by molar-refractivity contribution is 6.32. The van der Waals surface area contributed by atoms with Gasteiger partial charge in [-0.25, -0.2) is 42.7 Å². The van der Waals surface area contributed by atoms with E-state index in [0.717, 1.165) is 152 Å². The van der Waals surface area contributed by atoms with E-state index in [1.807, 2.05) is 0 Å². The van der Waals surface area contributed by atoms with Gasteiger partial charge >= 0.3 is 98.1 Å². The lowest BCUT2D eigenvalue weighted by Gasteiger charge is -2.10. The second-order valence-corrected chi connectivity index (χ2v) is 22.9. The van der Waals surface area contributed by atoms with E-state index < -0.39 is 138 Å². The van der Waals surface area contributed by atoms with Crippen LogP contribution < -0.4 is 23.7 Å². The average Bonchev–Trinajstić information content (AvgIpc) is 0.837. The maximum absolute atomic E-state index is 12.9. The lowest BCUT2D eigenvalue weighted by molar-refractivity contribution is -0.276. The first kappa shape index (κ1) is 110. The van der Waals surface area contributed by atoms with Gasteiger partial charge in [0.1, 0.15) is 23.0 Å². The molecule has 0 bridgehead atoms. The first-order valence-corrected chi connectivity index (χ1v) is 33.2. The Morgan fingerprint density at radius 1 is 0.252 bits per heavy atom. The van der Waals surface area contributed by atoms with Gasteiger partial charge in [0.15, 0.2) is 11.6 Å². The Labute approximate surface area is 700 Å². The summed E-state index contributed by atoms with van der Waals surface area (Å²) in [5, 5.41) is 66.4. The van der Waals surface area contributed by atoms with Crippen molar-refractivity contribution in [2.24, 2.45) is 0 Å². The molecule has 47 heteroatoms. The summed E-state index contributed by atoms with van der Waals surface area (Å²) >= 11 is 5.50. The highest BCUT2D eigenvalue weighted by atomic mass is 35.5. The summed E-state index contributed by atoms with van der Waals surface area (Å²) in [6.45, 7) is 0. The zero-order chi connectivity index (χ0) is 97.1. The highest BCUT2D eigenvalue weighted by Crippen LogP contribution is 2.36. The number of rotatable bonds is 21. The fourth-order valence-corrected chi connectivity index (χ4v) is 8.07. The van der Waals surface area contributed by atoms with Crippen molar-refractivity contribution in [2.75, 3.05) is 0 Å². The first-order chi connectivity index (χ1) is 58.4. The van der Waals surface area contributed by atoms with Gasteiger partial charge in [0.25, 0.3) is 0 Å². The van der Waals surface area contributed by atoms with Gasteiger partial charge in [0, 0.05) is 54.2 Å². The minimum Gasteiger partial charge on any atom is -0.478 e. The van der Waals surface area contributed by atoms with Gasteiger partial charge in [-0.15, -0.1) is 65.9 Å². The van der Waals surface area contributed by atoms with Crippen molar-refractivity contribution in [3.8, 4) is 28.7 Å². The Balaban J connectivity index is 0.000000726. The van der Waals surface area contributed by atoms with Crippen molar-refractivity contribution >= 4 is 108 Å². The van der Waals surface area contributed by atoms with Crippen molar-refractivity contribution in [1.82, 2.24) is 0 Å². The number of carboxylic acids is 8. The molecule has 21 nitrogen and oxygen atoms in total. The van der Waals surface area contributed by atoms with Crippen LogP contribution >= 0.6 is 11.6 Å². The fourth-order valence-electron chi connectivity index (χ4n) is 7.91.